The minimum Gasteiger partial charge on any atom is -0.352 e. The summed E-state index contributed by atoms with van der Waals surface area (Å²) in [6.45, 7) is 5.87. The number of benzene rings is 1. The Balaban J connectivity index is 1.68. The quantitative estimate of drug-likeness (QED) is 0.741. The lowest BCUT2D eigenvalue weighted by Crippen LogP contribution is -2.29. The molecule has 0 spiro atoms. The Hall–Kier alpha value is -3.15. The molecule has 6 nitrogen and oxygen atoms in total. The van der Waals surface area contributed by atoms with Gasteiger partial charge in [-0.3, -0.25) is 9.59 Å². The van der Waals surface area contributed by atoms with Gasteiger partial charge in [0, 0.05) is 29.1 Å². The van der Waals surface area contributed by atoms with Crippen LogP contribution in [0.1, 0.15) is 28.1 Å². The van der Waals surface area contributed by atoms with Crippen LogP contribution in [0.2, 0.25) is 0 Å². The van der Waals surface area contributed by atoms with E-state index < -0.39 is 0 Å². The van der Waals surface area contributed by atoms with E-state index in [4.69, 9.17) is 0 Å². The Morgan fingerprint density at radius 3 is 2.62 bits per heavy atom. The van der Waals surface area contributed by atoms with E-state index in [1.807, 2.05) is 61.9 Å². The predicted molar refractivity (Wildman–Crippen MR) is 100 cm³/mol. The Bertz CT molecular complexity index is 987. The number of hydrogen-bond donors (Lipinski definition) is 2. The molecule has 0 saturated carbocycles. The van der Waals surface area contributed by atoms with Gasteiger partial charge in [-0.1, -0.05) is 18.2 Å². The van der Waals surface area contributed by atoms with Gasteiger partial charge in [0.05, 0.1) is 18.3 Å². The Kier molecular flexibility index (Phi) is 5.02. The molecule has 3 rings (SSSR count). The molecule has 0 aliphatic rings. The van der Waals surface area contributed by atoms with Crippen molar-refractivity contribution in [2.24, 2.45) is 0 Å². The van der Waals surface area contributed by atoms with Gasteiger partial charge < -0.3 is 10.3 Å². The first-order valence-electron chi connectivity index (χ1n) is 8.50. The zero-order chi connectivity index (χ0) is 18.7. The average molecular weight is 350 g/mol. The zero-order valence-electron chi connectivity index (χ0n) is 15.2. The van der Waals surface area contributed by atoms with Crippen molar-refractivity contribution in [3.63, 3.8) is 0 Å². The molecule has 0 unspecified atom stereocenters. The highest BCUT2D eigenvalue weighted by atomic mass is 16.1. The highest BCUT2D eigenvalue weighted by Gasteiger charge is 2.13. The van der Waals surface area contributed by atoms with Crippen LogP contribution in [0.5, 0.6) is 0 Å². The van der Waals surface area contributed by atoms with Crippen molar-refractivity contribution in [3.05, 3.63) is 81.0 Å². The fraction of sp³-hybridized carbons (Fsp3) is 0.250. The van der Waals surface area contributed by atoms with Gasteiger partial charge in [-0.2, -0.15) is 5.10 Å². The van der Waals surface area contributed by atoms with E-state index in [-0.39, 0.29) is 24.4 Å². The lowest BCUT2D eigenvalue weighted by Gasteiger charge is -2.08. The van der Waals surface area contributed by atoms with E-state index >= 15 is 0 Å². The van der Waals surface area contributed by atoms with Gasteiger partial charge in [-0.05, 0) is 44.5 Å². The van der Waals surface area contributed by atoms with Gasteiger partial charge in [0.2, 0.25) is 5.91 Å². The smallest absolute Gasteiger partial charge is 0.253 e. The number of carbonyl (C=O) groups excluding carboxylic acids is 1. The Labute approximate surface area is 151 Å². The number of aromatic amines is 1. The SMILES string of the molecule is Cc1cc(C)c(CNC(=O)Cc2cnn(-c3ccccc3)c2C)c(=O)[nH]1. The number of carbonyl (C=O) groups is 1. The Morgan fingerprint density at radius 1 is 1.19 bits per heavy atom. The van der Waals surface area contributed by atoms with Crippen LogP contribution >= 0.6 is 0 Å². The second kappa shape index (κ2) is 7.39. The number of amides is 1. The zero-order valence-corrected chi connectivity index (χ0v) is 15.2. The monoisotopic (exact) mass is 350 g/mol. The molecule has 0 aliphatic carbocycles. The van der Waals surface area contributed by atoms with Crippen LogP contribution in [0, 0.1) is 20.8 Å². The molecule has 0 atom stereocenters. The van der Waals surface area contributed by atoms with Gasteiger partial charge in [-0.15, -0.1) is 0 Å². The van der Waals surface area contributed by atoms with Crippen LogP contribution in [0.4, 0.5) is 0 Å². The van der Waals surface area contributed by atoms with Crippen LogP contribution in [-0.2, 0) is 17.8 Å². The molecule has 0 bridgehead atoms. The molecular weight excluding hydrogens is 328 g/mol. The number of aryl methyl sites for hydroxylation is 2. The summed E-state index contributed by atoms with van der Waals surface area (Å²) in [5, 5.41) is 7.21. The van der Waals surface area contributed by atoms with Crippen molar-refractivity contribution in [3.8, 4) is 5.69 Å². The highest BCUT2D eigenvalue weighted by Crippen LogP contribution is 2.14. The van der Waals surface area contributed by atoms with E-state index in [0.29, 0.717) is 5.56 Å². The molecule has 0 aliphatic heterocycles. The van der Waals surface area contributed by atoms with Crippen molar-refractivity contribution in [1.82, 2.24) is 20.1 Å². The van der Waals surface area contributed by atoms with Crippen molar-refractivity contribution in [2.75, 3.05) is 0 Å². The largest absolute Gasteiger partial charge is 0.352 e. The van der Waals surface area contributed by atoms with Gasteiger partial charge in [0.1, 0.15) is 0 Å². The number of pyridine rings is 1. The molecule has 0 saturated heterocycles. The second-order valence-electron chi connectivity index (χ2n) is 6.40. The van der Waals surface area contributed by atoms with Crippen molar-refractivity contribution >= 4 is 5.91 Å². The number of hydrogen-bond acceptors (Lipinski definition) is 3. The van der Waals surface area contributed by atoms with Gasteiger partial charge in [-0.25, -0.2) is 4.68 Å². The molecule has 0 radical (unpaired) electrons. The molecule has 6 heteroatoms. The summed E-state index contributed by atoms with van der Waals surface area (Å²) < 4.78 is 1.82. The fourth-order valence-electron chi connectivity index (χ4n) is 2.97. The van der Waals surface area contributed by atoms with Crippen molar-refractivity contribution in [1.29, 1.82) is 0 Å². The van der Waals surface area contributed by atoms with Gasteiger partial charge >= 0.3 is 0 Å². The molecule has 1 aromatic carbocycles. The number of nitrogens with zero attached hydrogens (tertiary/aromatic N) is 2. The first-order chi connectivity index (χ1) is 12.5. The van der Waals surface area contributed by atoms with E-state index in [2.05, 4.69) is 15.4 Å². The first-order valence-corrected chi connectivity index (χ1v) is 8.50. The second-order valence-corrected chi connectivity index (χ2v) is 6.40. The maximum atomic E-state index is 12.3. The van der Waals surface area contributed by atoms with Crippen LogP contribution in [0.25, 0.3) is 5.69 Å². The van der Waals surface area contributed by atoms with E-state index in [1.165, 1.54) is 0 Å². The first kappa shape index (κ1) is 17.7. The van der Waals surface area contributed by atoms with Crippen LogP contribution in [-0.4, -0.2) is 20.7 Å². The molecule has 3 aromatic rings. The number of nitrogens with one attached hydrogen (secondary N) is 2. The number of rotatable bonds is 5. The Morgan fingerprint density at radius 2 is 1.92 bits per heavy atom. The topological polar surface area (TPSA) is 79.8 Å². The summed E-state index contributed by atoms with van der Waals surface area (Å²) in [6, 6.07) is 11.7. The summed E-state index contributed by atoms with van der Waals surface area (Å²) in [5.41, 5.74) is 4.86. The summed E-state index contributed by atoms with van der Waals surface area (Å²) in [5.74, 6) is -0.139. The van der Waals surface area contributed by atoms with E-state index in [1.54, 1.807) is 6.20 Å². The average Bonchev–Trinajstić information content (AvgIpc) is 2.95. The molecule has 26 heavy (non-hydrogen) atoms. The molecule has 2 heterocycles. The summed E-state index contributed by atoms with van der Waals surface area (Å²) in [4.78, 5) is 27.1. The van der Waals surface area contributed by atoms with Crippen molar-refractivity contribution in [2.45, 2.75) is 33.7 Å². The lowest BCUT2D eigenvalue weighted by molar-refractivity contribution is -0.120. The minimum absolute atomic E-state index is 0.139. The number of H-pyrrole nitrogens is 1. The normalized spacial score (nSPS) is 10.7. The maximum absolute atomic E-state index is 12.3. The van der Waals surface area contributed by atoms with Crippen LogP contribution < -0.4 is 10.9 Å². The minimum atomic E-state index is -0.157. The standard InChI is InChI=1S/C20H22N4O2/c1-13-9-14(2)23-20(26)18(13)12-21-19(25)10-16-11-22-24(15(16)3)17-7-5-4-6-8-17/h4-9,11H,10,12H2,1-3H3,(H,21,25)(H,23,26). The molecule has 134 valence electrons. The van der Waals surface area contributed by atoms with Gasteiger partial charge in [0.25, 0.3) is 5.56 Å². The highest BCUT2D eigenvalue weighted by molar-refractivity contribution is 5.78. The molecule has 2 N–H and O–H groups in total. The molecular formula is C20H22N4O2. The van der Waals surface area contributed by atoms with E-state index in [9.17, 15) is 9.59 Å². The van der Waals surface area contributed by atoms with Crippen molar-refractivity contribution < 1.29 is 4.79 Å². The molecule has 1 amide bonds. The lowest BCUT2D eigenvalue weighted by atomic mass is 10.1. The summed E-state index contributed by atoms with van der Waals surface area (Å²) in [6.07, 6.45) is 1.94. The third kappa shape index (κ3) is 3.74. The summed E-state index contributed by atoms with van der Waals surface area (Å²) in [7, 11) is 0. The number of aromatic nitrogens is 3. The predicted octanol–water partition coefficient (Wildman–Crippen LogP) is 2.34. The summed E-state index contributed by atoms with van der Waals surface area (Å²) >= 11 is 0. The van der Waals surface area contributed by atoms with Gasteiger partial charge in [0.15, 0.2) is 0 Å². The third-order valence-electron chi connectivity index (χ3n) is 4.42. The maximum Gasteiger partial charge on any atom is 0.253 e. The van der Waals surface area contributed by atoms with Crippen LogP contribution in [0.3, 0.4) is 0 Å². The third-order valence-corrected chi connectivity index (χ3v) is 4.42. The fourth-order valence-corrected chi connectivity index (χ4v) is 2.97. The van der Waals surface area contributed by atoms with Crippen LogP contribution in [0.15, 0.2) is 47.4 Å². The number of para-hydroxylation sites is 1. The molecule has 2 aromatic heterocycles. The molecule has 0 fully saturated rings. The van der Waals surface area contributed by atoms with E-state index in [0.717, 1.165) is 28.2 Å².